The molecule has 0 atom stereocenters. The van der Waals surface area contributed by atoms with Crippen LogP contribution in [0.15, 0.2) is 65.5 Å². The van der Waals surface area contributed by atoms with Gasteiger partial charge < -0.3 is 13.9 Å². The Morgan fingerprint density at radius 3 is 2.59 bits per heavy atom. The van der Waals surface area contributed by atoms with Crippen molar-refractivity contribution >= 4 is 17.3 Å². The smallest absolute Gasteiger partial charge is 0.340 e. The molecule has 0 aliphatic carbocycles. The van der Waals surface area contributed by atoms with Crippen molar-refractivity contribution in [1.82, 2.24) is 9.38 Å². The Bertz CT molecular complexity index is 1170. The normalized spacial score (nSPS) is 10.8. The van der Waals surface area contributed by atoms with Crippen molar-refractivity contribution in [3.63, 3.8) is 0 Å². The van der Waals surface area contributed by atoms with Crippen LogP contribution in [0.4, 0.5) is 0 Å². The molecular weight excluding hydrogens is 372 g/mol. The average molecular weight is 390 g/mol. The number of hydrogen-bond donors (Lipinski definition) is 0. The van der Waals surface area contributed by atoms with Gasteiger partial charge in [0.25, 0.3) is 0 Å². The van der Waals surface area contributed by atoms with Crippen molar-refractivity contribution in [2.24, 2.45) is 0 Å². The molecular formula is C22H18N2O5. The number of nitrogens with zero attached hydrogens (tertiary/aromatic N) is 2. The van der Waals surface area contributed by atoms with Crippen LogP contribution < -0.4 is 4.74 Å². The van der Waals surface area contributed by atoms with Gasteiger partial charge in [-0.25, -0.2) is 9.78 Å². The number of rotatable bonds is 6. The summed E-state index contributed by atoms with van der Waals surface area (Å²) in [7, 11) is 1.56. The third-order valence-corrected chi connectivity index (χ3v) is 4.52. The van der Waals surface area contributed by atoms with E-state index in [1.165, 1.54) is 12.4 Å². The molecule has 0 radical (unpaired) electrons. The predicted octanol–water partition coefficient (Wildman–Crippen LogP) is 4.01. The van der Waals surface area contributed by atoms with E-state index < -0.39 is 5.97 Å². The van der Waals surface area contributed by atoms with Gasteiger partial charge in [-0.2, -0.15) is 0 Å². The first kappa shape index (κ1) is 18.5. The molecule has 7 heteroatoms. The van der Waals surface area contributed by atoms with Gasteiger partial charge in [0.1, 0.15) is 17.8 Å². The van der Waals surface area contributed by atoms with Crippen molar-refractivity contribution in [3.05, 3.63) is 77.9 Å². The van der Waals surface area contributed by atoms with Crippen molar-refractivity contribution in [3.8, 4) is 17.2 Å². The fraction of sp³-hybridized carbons (Fsp3) is 0.136. The van der Waals surface area contributed by atoms with Gasteiger partial charge in [-0.1, -0.05) is 0 Å². The summed E-state index contributed by atoms with van der Waals surface area (Å²) in [5.41, 5.74) is 2.14. The molecule has 0 aliphatic rings. The molecule has 7 nitrogen and oxygen atoms in total. The van der Waals surface area contributed by atoms with E-state index in [0.717, 1.165) is 0 Å². The molecule has 4 rings (SSSR count). The first-order valence-corrected chi connectivity index (χ1v) is 9.03. The maximum absolute atomic E-state index is 13.1. The van der Waals surface area contributed by atoms with E-state index in [-0.39, 0.29) is 12.4 Å². The summed E-state index contributed by atoms with van der Waals surface area (Å²) in [6.45, 7) is 1.96. The molecule has 0 saturated heterocycles. The quantitative estimate of drug-likeness (QED) is 0.365. The molecule has 3 aromatic heterocycles. The largest absolute Gasteiger partial charge is 0.497 e. The minimum absolute atomic E-state index is 0.230. The van der Waals surface area contributed by atoms with Crippen molar-refractivity contribution in [2.45, 2.75) is 6.92 Å². The molecule has 0 N–H and O–H groups in total. The van der Waals surface area contributed by atoms with E-state index >= 15 is 0 Å². The van der Waals surface area contributed by atoms with Crippen molar-refractivity contribution in [1.29, 1.82) is 0 Å². The van der Waals surface area contributed by atoms with Gasteiger partial charge >= 0.3 is 5.97 Å². The Morgan fingerprint density at radius 2 is 1.93 bits per heavy atom. The van der Waals surface area contributed by atoms with Crippen LogP contribution >= 0.6 is 0 Å². The molecule has 0 amide bonds. The van der Waals surface area contributed by atoms with Crippen LogP contribution in [-0.4, -0.2) is 34.9 Å². The molecule has 1 aromatic carbocycles. The lowest BCUT2D eigenvalue weighted by Crippen LogP contribution is -2.05. The number of ether oxygens (including phenoxy) is 2. The Kier molecular flexibility index (Phi) is 4.87. The molecule has 0 fully saturated rings. The van der Waals surface area contributed by atoms with Gasteiger partial charge in [-0.05, 0) is 55.5 Å². The van der Waals surface area contributed by atoms with E-state index in [9.17, 15) is 9.59 Å². The highest BCUT2D eigenvalue weighted by atomic mass is 16.5. The first-order chi connectivity index (χ1) is 14.1. The number of aromatic nitrogens is 2. The van der Waals surface area contributed by atoms with Crippen LogP contribution in [0.1, 0.15) is 33.3 Å². The van der Waals surface area contributed by atoms with Gasteiger partial charge in [0.2, 0.25) is 5.78 Å². The van der Waals surface area contributed by atoms with E-state index in [4.69, 9.17) is 13.9 Å². The summed E-state index contributed by atoms with van der Waals surface area (Å²) in [4.78, 5) is 30.0. The highest BCUT2D eigenvalue weighted by molar-refractivity contribution is 6.11. The zero-order valence-electron chi connectivity index (χ0n) is 15.9. The van der Waals surface area contributed by atoms with Gasteiger partial charge in [0, 0.05) is 5.56 Å². The number of fused-ring (bicyclic) bond motifs is 1. The zero-order valence-corrected chi connectivity index (χ0v) is 15.9. The maximum atomic E-state index is 13.1. The summed E-state index contributed by atoms with van der Waals surface area (Å²) in [6, 6.07) is 13.5. The number of benzene rings is 1. The Morgan fingerprint density at radius 1 is 1.14 bits per heavy atom. The lowest BCUT2D eigenvalue weighted by Gasteiger charge is -2.05. The average Bonchev–Trinajstić information content (AvgIpc) is 3.41. The van der Waals surface area contributed by atoms with E-state index in [1.807, 2.05) is 0 Å². The fourth-order valence-corrected chi connectivity index (χ4v) is 3.09. The third-order valence-electron chi connectivity index (χ3n) is 4.52. The zero-order chi connectivity index (χ0) is 20.4. The predicted molar refractivity (Wildman–Crippen MR) is 105 cm³/mol. The van der Waals surface area contributed by atoms with Gasteiger partial charge in [0.05, 0.1) is 36.8 Å². The third kappa shape index (κ3) is 3.38. The van der Waals surface area contributed by atoms with Crippen LogP contribution in [0, 0.1) is 0 Å². The lowest BCUT2D eigenvalue weighted by molar-refractivity contribution is 0.0529. The molecule has 146 valence electrons. The standard InChI is InChI=1S/C22H18N2O5/c1-3-28-22(26)16-11-19(21(25)14-6-8-15(27-2)9-7-14)24-13-23-17(12-18(16)24)20-5-4-10-29-20/h4-13H,3H2,1-2H3. The topological polar surface area (TPSA) is 83.0 Å². The molecule has 4 aromatic rings. The van der Waals surface area contributed by atoms with Crippen LogP contribution in [0.25, 0.3) is 17.0 Å². The first-order valence-electron chi connectivity index (χ1n) is 9.03. The SMILES string of the molecule is CCOC(=O)c1cc(C(=O)c2ccc(OC)cc2)n2cnc(-c3ccco3)cc12. The lowest BCUT2D eigenvalue weighted by atomic mass is 10.1. The number of carbonyl (C=O) groups is 2. The number of ketones is 1. The molecule has 0 spiro atoms. The van der Waals surface area contributed by atoms with Gasteiger partial charge in [-0.3, -0.25) is 9.20 Å². The Balaban J connectivity index is 1.85. The summed E-state index contributed by atoms with van der Waals surface area (Å²) in [5, 5.41) is 0. The number of esters is 1. The summed E-state index contributed by atoms with van der Waals surface area (Å²) in [6.07, 6.45) is 3.05. The second-order valence-electron chi connectivity index (χ2n) is 6.23. The Hall–Kier alpha value is -3.87. The second kappa shape index (κ2) is 7.63. The molecule has 0 saturated carbocycles. The molecule has 29 heavy (non-hydrogen) atoms. The van der Waals surface area contributed by atoms with Gasteiger partial charge in [0.15, 0.2) is 5.76 Å². The van der Waals surface area contributed by atoms with Crippen molar-refractivity contribution < 1.29 is 23.5 Å². The van der Waals surface area contributed by atoms with E-state index in [0.29, 0.717) is 39.5 Å². The maximum Gasteiger partial charge on any atom is 0.340 e. The Labute approximate surface area is 166 Å². The molecule has 3 heterocycles. The molecule has 0 aliphatic heterocycles. The number of furan rings is 1. The minimum atomic E-state index is -0.504. The van der Waals surface area contributed by atoms with Crippen LogP contribution in [0.5, 0.6) is 5.75 Å². The van der Waals surface area contributed by atoms with Gasteiger partial charge in [-0.15, -0.1) is 0 Å². The number of carbonyl (C=O) groups excluding carboxylic acids is 2. The summed E-state index contributed by atoms with van der Waals surface area (Å²) >= 11 is 0. The second-order valence-corrected chi connectivity index (χ2v) is 6.23. The fourth-order valence-electron chi connectivity index (χ4n) is 3.09. The molecule has 0 unspecified atom stereocenters. The molecule has 0 bridgehead atoms. The van der Waals surface area contributed by atoms with Crippen LogP contribution in [-0.2, 0) is 4.74 Å². The van der Waals surface area contributed by atoms with Crippen molar-refractivity contribution in [2.75, 3.05) is 13.7 Å². The monoisotopic (exact) mass is 390 g/mol. The van der Waals surface area contributed by atoms with Crippen LogP contribution in [0.2, 0.25) is 0 Å². The number of hydrogen-bond acceptors (Lipinski definition) is 6. The minimum Gasteiger partial charge on any atom is -0.497 e. The number of methoxy groups -OCH3 is 1. The van der Waals surface area contributed by atoms with E-state index in [1.54, 1.807) is 67.2 Å². The van der Waals surface area contributed by atoms with Crippen LogP contribution in [0.3, 0.4) is 0 Å². The highest BCUT2D eigenvalue weighted by Gasteiger charge is 2.22. The van der Waals surface area contributed by atoms with E-state index in [2.05, 4.69) is 4.98 Å². The summed E-state index contributed by atoms with van der Waals surface area (Å²) < 4.78 is 17.3. The highest BCUT2D eigenvalue weighted by Crippen LogP contribution is 2.25. The summed E-state index contributed by atoms with van der Waals surface area (Å²) in [5.74, 6) is 0.464.